The molecule has 0 spiro atoms. The summed E-state index contributed by atoms with van der Waals surface area (Å²) in [7, 11) is 1.53. The smallest absolute Gasteiger partial charge is 0.203 e. The van der Waals surface area contributed by atoms with Crippen molar-refractivity contribution >= 4 is 11.6 Å². The van der Waals surface area contributed by atoms with Crippen molar-refractivity contribution in [2.24, 2.45) is 0 Å². The van der Waals surface area contributed by atoms with E-state index in [4.69, 9.17) is 15.2 Å². The van der Waals surface area contributed by atoms with E-state index < -0.39 is 0 Å². The first-order valence-electron chi connectivity index (χ1n) is 5.15. The molecular formula is C10H18N4O2. The van der Waals surface area contributed by atoms with Crippen molar-refractivity contribution in [1.82, 2.24) is 9.97 Å². The summed E-state index contributed by atoms with van der Waals surface area (Å²) in [5.74, 6) is 1.37. The molecule has 1 heterocycles. The fourth-order valence-electron chi connectivity index (χ4n) is 1.18. The number of methoxy groups -OCH3 is 1. The van der Waals surface area contributed by atoms with Gasteiger partial charge in [-0.15, -0.1) is 0 Å². The van der Waals surface area contributed by atoms with Crippen LogP contribution in [0.5, 0.6) is 5.75 Å². The van der Waals surface area contributed by atoms with E-state index in [0.717, 1.165) is 0 Å². The Labute approximate surface area is 95.2 Å². The molecule has 6 nitrogen and oxygen atoms in total. The molecule has 0 bridgehead atoms. The van der Waals surface area contributed by atoms with E-state index in [2.05, 4.69) is 15.3 Å². The van der Waals surface area contributed by atoms with Gasteiger partial charge in [0.25, 0.3) is 0 Å². The minimum absolute atomic E-state index is 0.221. The van der Waals surface area contributed by atoms with Crippen molar-refractivity contribution in [3.8, 4) is 5.75 Å². The molecule has 16 heavy (non-hydrogen) atoms. The van der Waals surface area contributed by atoms with Crippen LogP contribution in [-0.2, 0) is 4.74 Å². The Morgan fingerprint density at radius 2 is 2.19 bits per heavy atom. The van der Waals surface area contributed by atoms with Gasteiger partial charge in [-0.25, -0.2) is 9.97 Å². The lowest BCUT2D eigenvalue weighted by atomic mass is 10.4. The second-order valence-corrected chi connectivity index (χ2v) is 3.49. The highest BCUT2D eigenvalue weighted by atomic mass is 16.5. The highest BCUT2D eigenvalue weighted by molar-refractivity contribution is 5.61. The van der Waals surface area contributed by atoms with Gasteiger partial charge in [-0.1, -0.05) is 0 Å². The summed E-state index contributed by atoms with van der Waals surface area (Å²) >= 11 is 0. The number of nitrogens with two attached hydrogens (primary N) is 1. The molecule has 0 atom stereocenters. The third kappa shape index (κ3) is 3.54. The fourth-order valence-corrected chi connectivity index (χ4v) is 1.18. The molecule has 0 aliphatic rings. The summed E-state index contributed by atoms with van der Waals surface area (Å²) in [6.07, 6.45) is 1.61. The molecule has 0 unspecified atom stereocenters. The quantitative estimate of drug-likeness (QED) is 0.701. The topological polar surface area (TPSA) is 82.3 Å². The molecule has 6 heteroatoms. The third-order valence-corrected chi connectivity index (χ3v) is 1.88. The molecular weight excluding hydrogens is 208 g/mol. The summed E-state index contributed by atoms with van der Waals surface area (Å²) in [5.41, 5.74) is 5.64. The summed E-state index contributed by atoms with van der Waals surface area (Å²) in [6, 6.07) is 0. The van der Waals surface area contributed by atoms with Crippen LogP contribution in [0, 0.1) is 0 Å². The molecule has 0 radical (unpaired) electrons. The zero-order chi connectivity index (χ0) is 12.0. The maximum Gasteiger partial charge on any atom is 0.203 e. The van der Waals surface area contributed by atoms with Gasteiger partial charge in [-0.2, -0.15) is 0 Å². The number of nitrogens with zero attached hydrogens (tertiary/aromatic N) is 2. The monoisotopic (exact) mass is 226 g/mol. The van der Waals surface area contributed by atoms with Gasteiger partial charge in [0.05, 0.1) is 19.8 Å². The van der Waals surface area contributed by atoms with Crippen molar-refractivity contribution in [2.75, 3.05) is 31.3 Å². The second kappa shape index (κ2) is 6.12. The highest BCUT2D eigenvalue weighted by Crippen LogP contribution is 2.25. The lowest BCUT2D eigenvalue weighted by molar-refractivity contribution is 0.0870. The van der Waals surface area contributed by atoms with Crippen LogP contribution in [0.3, 0.4) is 0 Å². The number of rotatable bonds is 6. The minimum Gasteiger partial charge on any atom is -0.490 e. The molecule has 1 rings (SSSR count). The van der Waals surface area contributed by atoms with Crippen LogP contribution in [0.4, 0.5) is 11.6 Å². The summed E-state index contributed by atoms with van der Waals surface area (Å²) in [6.45, 7) is 5.22. The zero-order valence-corrected chi connectivity index (χ0v) is 9.86. The highest BCUT2D eigenvalue weighted by Gasteiger charge is 2.08. The maximum absolute atomic E-state index is 5.64. The predicted molar refractivity (Wildman–Crippen MR) is 62.6 cm³/mol. The van der Waals surface area contributed by atoms with Crippen molar-refractivity contribution in [3.05, 3.63) is 6.33 Å². The van der Waals surface area contributed by atoms with E-state index in [0.29, 0.717) is 30.5 Å². The van der Waals surface area contributed by atoms with Crippen molar-refractivity contribution in [3.63, 3.8) is 0 Å². The molecule has 0 aliphatic carbocycles. The van der Waals surface area contributed by atoms with Crippen LogP contribution >= 0.6 is 0 Å². The lowest BCUT2D eigenvalue weighted by Gasteiger charge is -2.12. The van der Waals surface area contributed by atoms with E-state index in [1.54, 1.807) is 0 Å². The number of hydrogen-bond acceptors (Lipinski definition) is 6. The predicted octanol–water partition coefficient (Wildman–Crippen LogP) is 0.904. The molecule has 3 N–H and O–H groups in total. The van der Waals surface area contributed by atoms with Crippen molar-refractivity contribution < 1.29 is 9.47 Å². The standard InChI is InChI=1S/C10H18N4O2/c1-7(2)16-5-4-12-10-8(15-3)9(11)13-6-14-10/h6-7H,4-5H2,1-3H3,(H3,11,12,13,14). The Kier molecular flexibility index (Phi) is 4.78. The Balaban J connectivity index is 2.50. The molecule has 0 fully saturated rings. The SMILES string of the molecule is COc1c(N)ncnc1NCCOC(C)C. The average molecular weight is 226 g/mol. The van der Waals surface area contributed by atoms with Gasteiger partial charge in [0.1, 0.15) is 6.33 Å². The van der Waals surface area contributed by atoms with Gasteiger partial charge in [0.2, 0.25) is 5.75 Å². The van der Waals surface area contributed by atoms with Crippen LogP contribution in [0.1, 0.15) is 13.8 Å². The first kappa shape index (κ1) is 12.5. The summed E-state index contributed by atoms with van der Waals surface area (Å²) in [5, 5.41) is 3.08. The van der Waals surface area contributed by atoms with Crippen LogP contribution in [0.25, 0.3) is 0 Å². The second-order valence-electron chi connectivity index (χ2n) is 3.49. The normalized spacial score (nSPS) is 10.5. The van der Waals surface area contributed by atoms with E-state index >= 15 is 0 Å². The Morgan fingerprint density at radius 3 is 2.81 bits per heavy atom. The van der Waals surface area contributed by atoms with Crippen LogP contribution in [0.15, 0.2) is 6.33 Å². The third-order valence-electron chi connectivity index (χ3n) is 1.88. The van der Waals surface area contributed by atoms with E-state index in [9.17, 15) is 0 Å². The molecule has 0 aliphatic heterocycles. The van der Waals surface area contributed by atoms with Gasteiger partial charge < -0.3 is 20.5 Å². The number of hydrogen-bond donors (Lipinski definition) is 2. The van der Waals surface area contributed by atoms with Gasteiger partial charge >= 0.3 is 0 Å². The van der Waals surface area contributed by atoms with Gasteiger partial charge in [-0.3, -0.25) is 0 Å². The minimum atomic E-state index is 0.221. The summed E-state index contributed by atoms with van der Waals surface area (Å²) < 4.78 is 10.5. The first-order chi connectivity index (χ1) is 7.65. The Morgan fingerprint density at radius 1 is 1.44 bits per heavy atom. The molecule has 0 amide bonds. The van der Waals surface area contributed by atoms with Gasteiger partial charge in [0.15, 0.2) is 11.6 Å². The van der Waals surface area contributed by atoms with E-state index in [1.165, 1.54) is 13.4 Å². The molecule has 90 valence electrons. The van der Waals surface area contributed by atoms with Crippen molar-refractivity contribution in [1.29, 1.82) is 0 Å². The van der Waals surface area contributed by atoms with Crippen LogP contribution in [-0.4, -0.2) is 36.3 Å². The lowest BCUT2D eigenvalue weighted by Crippen LogP contribution is -2.14. The van der Waals surface area contributed by atoms with Crippen molar-refractivity contribution in [2.45, 2.75) is 20.0 Å². The van der Waals surface area contributed by atoms with Gasteiger partial charge in [-0.05, 0) is 13.8 Å². The number of aromatic nitrogens is 2. The molecule has 1 aromatic heterocycles. The Bertz CT molecular complexity index is 331. The van der Waals surface area contributed by atoms with Crippen LogP contribution < -0.4 is 15.8 Å². The Hall–Kier alpha value is -1.56. The number of ether oxygens (including phenoxy) is 2. The van der Waals surface area contributed by atoms with Gasteiger partial charge in [0, 0.05) is 6.54 Å². The number of nitrogens with one attached hydrogen (secondary N) is 1. The molecule has 1 aromatic rings. The maximum atomic E-state index is 5.64. The number of nitrogen functional groups attached to an aromatic ring is 1. The van der Waals surface area contributed by atoms with E-state index in [1.807, 2.05) is 13.8 Å². The first-order valence-corrected chi connectivity index (χ1v) is 5.15. The fraction of sp³-hybridized carbons (Fsp3) is 0.600. The zero-order valence-electron chi connectivity index (χ0n) is 9.86. The number of anilines is 2. The molecule has 0 aromatic carbocycles. The van der Waals surface area contributed by atoms with E-state index in [-0.39, 0.29) is 6.10 Å². The average Bonchev–Trinajstić information content (AvgIpc) is 2.24. The summed E-state index contributed by atoms with van der Waals surface area (Å²) in [4.78, 5) is 7.88. The van der Waals surface area contributed by atoms with Crippen LogP contribution in [0.2, 0.25) is 0 Å². The molecule has 0 saturated carbocycles. The molecule has 0 saturated heterocycles. The largest absolute Gasteiger partial charge is 0.490 e.